The van der Waals surface area contributed by atoms with Gasteiger partial charge in [-0.2, -0.15) is 0 Å². The second kappa shape index (κ2) is 8.30. The van der Waals surface area contributed by atoms with Crippen molar-refractivity contribution < 1.29 is 19.4 Å². The van der Waals surface area contributed by atoms with Crippen LogP contribution in [0.2, 0.25) is 0 Å². The van der Waals surface area contributed by atoms with Crippen LogP contribution in [0.25, 0.3) is 11.3 Å². The van der Waals surface area contributed by atoms with Gasteiger partial charge < -0.3 is 15.2 Å². The summed E-state index contributed by atoms with van der Waals surface area (Å²) in [4.78, 5) is 24.6. The van der Waals surface area contributed by atoms with E-state index in [0.29, 0.717) is 29.9 Å². The summed E-state index contributed by atoms with van der Waals surface area (Å²) in [7, 11) is 3.08. The lowest BCUT2D eigenvalue weighted by molar-refractivity contribution is -0.151. The first-order valence-electron chi connectivity index (χ1n) is 9.03. The third kappa shape index (κ3) is 4.00. The van der Waals surface area contributed by atoms with E-state index in [1.165, 1.54) is 11.8 Å². The number of aromatic nitrogens is 3. The zero-order valence-electron chi connectivity index (χ0n) is 15.5. The molecule has 0 bridgehead atoms. The van der Waals surface area contributed by atoms with E-state index >= 15 is 0 Å². The van der Waals surface area contributed by atoms with E-state index in [1.807, 2.05) is 12.1 Å². The largest absolute Gasteiger partial charge is 0.469 e. The molecule has 1 aliphatic carbocycles. The molecule has 1 aromatic carbocycles. The zero-order valence-corrected chi connectivity index (χ0v) is 15.5. The number of aliphatic hydroxyl groups is 1. The van der Waals surface area contributed by atoms with Crippen LogP contribution in [-0.4, -0.2) is 39.1 Å². The van der Waals surface area contributed by atoms with Crippen LogP contribution in [0.5, 0.6) is 0 Å². The van der Waals surface area contributed by atoms with Gasteiger partial charge in [0.05, 0.1) is 31.2 Å². The molecule has 1 amide bonds. The molecule has 2 N–H and O–H groups in total. The summed E-state index contributed by atoms with van der Waals surface area (Å²) in [5.41, 5.74) is 2.67. The lowest BCUT2D eigenvalue weighted by atomic mass is 9.78. The fourth-order valence-corrected chi connectivity index (χ4v) is 3.60. The molecule has 0 unspecified atom stereocenters. The molecule has 1 fully saturated rings. The molecule has 8 nitrogen and oxygen atoms in total. The van der Waals surface area contributed by atoms with Crippen molar-refractivity contribution in [1.82, 2.24) is 15.0 Å². The van der Waals surface area contributed by atoms with Crippen LogP contribution in [0.1, 0.15) is 31.4 Å². The smallest absolute Gasteiger partial charge is 0.309 e. The number of nitrogens with one attached hydrogen (secondary N) is 1. The summed E-state index contributed by atoms with van der Waals surface area (Å²) in [6, 6.07) is 7.19. The van der Waals surface area contributed by atoms with Gasteiger partial charge in [0.1, 0.15) is 5.69 Å². The molecule has 2 atom stereocenters. The normalized spacial score (nSPS) is 19.5. The number of hydrogen-bond acceptors (Lipinski definition) is 6. The Kier molecular flexibility index (Phi) is 5.85. The number of nitrogens with zero attached hydrogens (tertiary/aromatic N) is 3. The van der Waals surface area contributed by atoms with Crippen molar-refractivity contribution >= 4 is 17.6 Å². The Hall–Kier alpha value is -2.74. The first kappa shape index (κ1) is 19.0. The molecule has 144 valence electrons. The van der Waals surface area contributed by atoms with E-state index in [4.69, 9.17) is 4.74 Å². The molecular weight excluding hydrogens is 348 g/mol. The molecule has 2 aromatic rings. The number of rotatable bonds is 5. The SMILES string of the molecule is COC(=O)[C@H]1CCCC[C@@H]1C(=O)Nc1ccc(-c2nnn(C)c2CO)cc1. The maximum Gasteiger partial charge on any atom is 0.309 e. The Morgan fingerprint density at radius 1 is 1.22 bits per heavy atom. The van der Waals surface area contributed by atoms with E-state index in [9.17, 15) is 14.7 Å². The minimum atomic E-state index is -0.380. The molecule has 0 spiro atoms. The number of esters is 1. The number of aliphatic hydroxyl groups excluding tert-OH is 1. The third-order valence-electron chi connectivity index (χ3n) is 5.13. The molecule has 8 heteroatoms. The Bertz CT molecular complexity index is 816. The number of carbonyl (C=O) groups excluding carboxylic acids is 2. The van der Waals surface area contributed by atoms with Gasteiger partial charge in [0.2, 0.25) is 5.91 Å². The number of methoxy groups -OCH3 is 1. The number of ether oxygens (including phenoxy) is 1. The first-order valence-corrected chi connectivity index (χ1v) is 9.03. The highest BCUT2D eigenvalue weighted by molar-refractivity contribution is 5.95. The average Bonchev–Trinajstić information content (AvgIpc) is 3.08. The first-order chi connectivity index (χ1) is 13.0. The van der Waals surface area contributed by atoms with Crippen molar-refractivity contribution in [3.63, 3.8) is 0 Å². The van der Waals surface area contributed by atoms with Crippen LogP contribution in [0.15, 0.2) is 24.3 Å². The Morgan fingerprint density at radius 2 is 1.89 bits per heavy atom. The van der Waals surface area contributed by atoms with Gasteiger partial charge >= 0.3 is 5.97 Å². The fraction of sp³-hybridized carbons (Fsp3) is 0.474. The van der Waals surface area contributed by atoms with E-state index in [0.717, 1.165) is 18.4 Å². The maximum absolute atomic E-state index is 12.7. The monoisotopic (exact) mass is 372 g/mol. The molecule has 0 radical (unpaired) electrons. The fourth-order valence-electron chi connectivity index (χ4n) is 3.60. The van der Waals surface area contributed by atoms with Crippen molar-refractivity contribution in [1.29, 1.82) is 0 Å². The highest BCUT2D eigenvalue weighted by Crippen LogP contribution is 2.32. The summed E-state index contributed by atoms with van der Waals surface area (Å²) >= 11 is 0. The highest BCUT2D eigenvalue weighted by Gasteiger charge is 2.36. The van der Waals surface area contributed by atoms with Crippen LogP contribution in [0, 0.1) is 11.8 Å². The number of amides is 1. The summed E-state index contributed by atoms with van der Waals surface area (Å²) in [5.74, 6) is -1.22. The molecular formula is C19H24N4O4. The van der Waals surface area contributed by atoms with Crippen LogP contribution < -0.4 is 5.32 Å². The molecule has 1 aromatic heterocycles. The molecule has 3 rings (SSSR count). The van der Waals surface area contributed by atoms with Crippen molar-refractivity contribution in [3.8, 4) is 11.3 Å². The summed E-state index contributed by atoms with van der Waals surface area (Å²) in [6.07, 6.45) is 3.23. The molecule has 0 saturated heterocycles. The standard InChI is InChI=1S/C19H24N4O4/c1-23-16(11-24)17(21-22-23)12-7-9-13(10-8-12)20-18(25)14-5-3-4-6-15(14)19(26)27-2/h7-10,14-15,24H,3-6,11H2,1-2H3,(H,20,25)/t14-,15-/m0/s1. The predicted octanol–water partition coefficient (Wildman–Crippen LogP) is 1.89. The zero-order chi connectivity index (χ0) is 19.4. The van der Waals surface area contributed by atoms with Crippen LogP contribution in [0.4, 0.5) is 5.69 Å². The van der Waals surface area contributed by atoms with Crippen LogP contribution >= 0.6 is 0 Å². The van der Waals surface area contributed by atoms with E-state index in [2.05, 4.69) is 15.6 Å². The van der Waals surface area contributed by atoms with Crippen molar-refractivity contribution in [3.05, 3.63) is 30.0 Å². The summed E-state index contributed by atoms with van der Waals surface area (Å²) in [6.45, 7) is -0.159. The van der Waals surface area contributed by atoms with Gasteiger partial charge in [0.25, 0.3) is 0 Å². The number of carbonyl (C=O) groups is 2. The van der Waals surface area contributed by atoms with Gasteiger partial charge in [-0.05, 0) is 25.0 Å². The van der Waals surface area contributed by atoms with Gasteiger partial charge in [-0.15, -0.1) is 5.10 Å². The van der Waals surface area contributed by atoms with Gasteiger partial charge in [-0.1, -0.05) is 30.2 Å². The van der Waals surface area contributed by atoms with E-state index in [1.54, 1.807) is 19.2 Å². The van der Waals surface area contributed by atoms with Gasteiger partial charge in [-0.3, -0.25) is 9.59 Å². The Balaban J connectivity index is 1.72. The second-order valence-corrected chi connectivity index (χ2v) is 6.75. The predicted molar refractivity (Wildman–Crippen MR) is 98.5 cm³/mol. The number of hydrogen-bond donors (Lipinski definition) is 2. The van der Waals surface area contributed by atoms with E-state index in [-0.39, 0.29) is 30.3 Å². The van der Waals surface area contributed by atoms with Gasteiger partial charge in [-0.25, -0.2) is 4.68 Å². The lowest BCUT2D eigenvalue weighted by Gasteiger charge is -2.28. The maximum atomic E-state index is 12.7. The average molecular weight is 372 g/mol. The number of benzene rings is 1. The third-order valence-corrected chi connectivity index (χ3v) is 5.13. The van der Waals surface area contributed by atoms with Crippen molar-refractivity contribution in [2.24, 2.45) is 18.9 Å². The highest BCUT2D eigenvalue weighted by atomic mass is 16.5. The molecule has 1 heterocycles. The second-order valence-electron chi connectivity index (χ2n) is 6.75. The minimum absolute atomic E-state index is 0.159. The summed E-state index contributed by atoms with van der Waals surface area (Å²) < 4.78 is 6.38. The molecule has 27 heavy (non-hydrogen) atoms. The molecule has 0 aliphatic heterocycles. The van der Waals surface area contributed by atoms with Gasteiger partial charge in [0, 0.05) is 18.3 Å². The molecule has 1 aliphatic rings. The van der Waals surface area contributed by atoms with Crippen LogP contribution in [0.3, 0.4) is 0 Å². The Labute approximate surface area is 157 Å². The minimum Gasteiger partial charge on any atom is -0.469 e. The Morgan fingerprint density at radius 3 is 2.52 bits per heavy atom. The number of aryl methyl sites for hydroxylation is 1. The van der Waals surface area contributed by atoms with Crippen LogP contribution in [-0.2, 0) is 28.0 Å². The van der Waals surface area contributed by atoms with Crippen molar-refractivity contribution in [2.45, 2.75) is 32.3 Å². The van der Waals surface area contributed by atoms with E-state index < -0.39 is 0 Å². The topological polar surface area (TPSA) is 106 Å². The van der Waals surface area contributed by atoms with Gasteiger partial charge in [0.15, 0.2) is 0 Å². The van der Waals surface area contributed by atoms with Crippen molar-refractivity contribution in [2.75, 3.05) is 12.4 Å². The lowest BCUT2D eigenvalue weighted by Crippen LogP contribution is -2.36. The summed E-state index contributed by atoms with van der Waals surface area (Å²) in [5, 5.41) is 20.4. The number of anilines is 1. The quantitative estimate of drug-likeness (QED) is 0.777. The molecule has 1 saturated carbocycles.